The van der Waals surface area contributed by atoms with E-state index in [0.29, 0.717) is 6.04 Å². The molecule has 1 rings (SSSR count). The van der Waals surface area contributed by atoms with E-state index in [1.807, 2.05) is 18.0 Å². The van der Waals surface area contributed by atoms with Gasteiger partial charge in [-0.1, -0.05) is 13.8 Å². The zero-order valence-corrected chi connectivity index (χ0v) is 11.4. The van der Waals surface area contributed by atoms with Crippen molar-refractivity contribution in [2.24, 2.45) is 0 Å². The summed E-state index contributed by atoms with van der Waals surface area (Å²) in [4.78, 5) is 0. The predicted octanol–water partition coefficient (Wildman–Crippen LogP) is 2.70. The number of aryl methyl sites for hydroxylation is 1. The molecule has 0 saturated heterocycles. The lowest BCUT2D eigenvalue weighted by atomic mass is 10.2. The molecule has 0 saturated carbocycles. The molecule has 1 atom stereocenters. The Kier molecular flexibility index (Phi) is 6.57. The number of hydrogen-bond acceptors (Lipinski definition) is 3. The molecule has 0 radical (unpaired) electrons. The second kappa shape index (κ2) is 7.74. The quantitative estimate of drug-likeness (QED) is 0.759. The van der Waals surface area contributed by atoms with Crippen molar-refractivity contribution in [3.05, 3.63) is 18.0 Å². The van der Waals surface area contributed by atoms with Gasteiger partial charge in [0.1, 0.15) is 0 Å². The third kappa shape index (κ3) is 3.83. The highest BCUT2D eigenvalue weighted by Gasteiger charge is 2.14. The normalized spacial score (nSPS) is 12.9. The second-order valence-corrected chi connectivity index (χ2v) is 4.85. The Labute approximate surface area is 103 Å². The van der Waals surface area contributed by atoms with Gasteiger partial charge in [-0.15, -0.1) is 0 Å². The average Bonchev–Trinajstić information content (AvgIpc) is 2.73. The van der Waals surface area contributed by atoms with Crippen LogP contribution in [0.25, 0.3) is 0 Å². The summed E-state index contributed by atoms with van der Waals surface area (Å²) in [6.45, 7) is 6.48. The number of rotatable bonds is 8. The van der Waals surface area contributed by atoms with Gasteiger partial charge in [-0.2, -0.15) is 16.9 Å². The highest BCUT2D eigenvalue weighted by Crippen LogP contribution is 2.17. The van der Waals surface area contributed by atoms with Gasteiger partial charge < -0.3 is 5.32 Å². The first-order valence-electron chi connectivity index (χ1n) is 6.07. The third-order valence-electron chi connectivity index (χ3n) is 2.52. The van der Waals surface area contributed by atoms with Gasteiger partial charge in [0.15, 0.2) is 0 Å². The molecule has 1 unspecified atom stereocenters. The van der Waals surface area contributed by atoms with E-state index >= 15 is 0 Å². The van der Waals surface area contributed by atoms with Crippen LogP contribution in [0.5, 0.6) is 0 Å². The molecule has 0 amide bonds. The van der Waals surface area contributed by atoms with Crippen molar-refractivity contribution in [1.29, 1.82) is 0 Å². The first-order chi connectivity index (χ1) is 7.83. The van der Waals surface area contributed by atoms with Gasteiger partial charge in [0.05, 0.1) is 11.7 Å². The Morgan fingerprint density at radius 2 is 2.25 bits per heavy atom. The Hall–Kier alpha value is -0.480. The van der Waals surface area contributed by atoms with E-state index in [9.17, 15) is 0 Å². The smallest absolute Gasteiger partial charge is 0.0583 e. The summed E-state index contributed by atoms with van der Waals surface area (Å²) in [5, 5.41) is 7.97. The monoisotopic (exact) mass is 241 g/mol. The van der Waals surface area contributed by atoms with Gasteiger partial charge in [0.2, 0.25) is 0 Å². The molecule has 0 aromatic carbocycles. The van der Waals surface area contributed by atoms with E-state index < -0.39 is 0 Å². The van der Waals surface area contributed by atoms with Gasteiger partial charge in [0, 0.05) is 18.5 Å². The maximum atomic E-state index is 4.38. The largest absolute Gasteiger partial charge is 0.308 e. The fourth-order valence-electron chi connectivity index (χ4n) is 1.77. The molecule has 0 aliphatic heterocycles. The topological polar surface area (TPSA) is 29.9 Å². The molecule has 16 heavy (non-hydrogen) atoms. The Bertz CT molecular complexity index is 286. The van der Waals surface area contributed by atoms with Crippen molar-refractivity contribution in [2.75, 3.05) is 18.6 Å². The van der Waals surface area contributed by atoms with Crippen molar-refractivity contribution >= 4 is 11.8 Å². The lowest BCUT2D eigenvalue weighted by molar-refractivity contribution is 0.499. The van der Waals surface area contributed by atoms with Crippen LogP contribution >= 0.6 is 11.8 Å². The summed E-state index contributed by atoms with van der Waals surface area (Å²) < 4.78 is 2.13. The van der Waals surface area contributed by atoms with Crippen LogP contribution in [-0.4, -0.2) is 28.3 Å². The molecule has 1 aromatic rings. The van der Waals surface area contributed by atoms with Crippen molar-refractivity contribution in [1.82, 2.24) is 15.1 Å². The van der Waals surface area contributed by atoms with Crippen LogP contribution in [0.1, 0.15) is 38.4 Å². The molecule has 0 fully saturated rings. The van der Waals surface area contributed by atoms with E-state index in [4.69, 9.17) is 0 Å². The molecule has 0 spiro atoms. The van der Waals surface area contributed by atoms with Crippen LogP contribution in [0, 0.1) is 0 Å². The lowest BCUT2D eigenvalue weighted by Gasteiger charge is -2.18. The maximum Gasteiger partial charge on any atom is 0.0583 e. The molecule has 1 N–H and O–H groups in total. The molecule has 1 heterocycles. The Balaban J connectivity index is 2.70. The minimum Gasteiger partial charge on any atom is -0.308 e. The zero-order valence-electron chi connectivity index (χ0n) is 10.6. The van der Waals surface area contributed by atoms with E-state index in [-0.39, 0.29) is 0 Å². The standard InChI is InChI=1S/C12H23N3S/c1-4-7-13-11(10-16-3)12-6-8-14-15(12)9-5-2/h6,8,11,13H,4-5,7,9-10H2,1-3H3. The summed E-state index contributed by atoms with van der Waals surface area (Å²) in [5.74, 6) is 1.11. The van der Waals surface area contributed by atoms with Crippen LogP contribution in [0.4, 0.5) is 0 Å². The second-order valence-electron chi connectivity index (χ2n) is 3.94. The van der Waals surface area contributed by atoms with Gasteiger partial charge in [0.25, 0.3) is 0 Å². The molecule has 92 valence electrons. The van der Waals surface area contributed by atoms with Gasteiger partial charge in [-0.25, -0.2) is 0 Å². The summed E-state index contributed by atoms with van der Waals surface area (Å²) in [6, 6.07) is 2.57. The SMILES string of the molecule is CCCNC(CSC)c1ccnn1CCC. The van der Waals surface area contributed by atoms with Gasteiger partial charge in [-0.05, 0) is 31.7 Å². The molecule has 0 aliphatic carbocycles. The number of thioether (sulfide) groups is 1. The predicted molar refractivity (Wildman–Crippen MR) is 71.9 cm³/mol. The van der Waals surface area contributed by atoms with Gasteiger partial charge >= 0.3 is 0 Å². The van der Waals surface area contributed by atoms with Crippen molar-refractivity contribution in [3.8, 4) is 0 Å². The molecule has 3 nitrogen and oxygen atoms in total. The molecular formula is C12H23N3S. The van der Waals surface area contributed by atoms with Crippen LogP contribution < -0.4 is 5.32 Å². The van der Waals surface area contributed by atoms with E-state index in [1.165, 1.54) is 12.1 Å². The maximum absolute atomic E-state index is 4.38. The molecule has 1 aromatic heterocycles. The average molecular weight is 241 g/mol. The zero-order chi connectivity index (χ0) is 11.8. The molecular weight excluding hydrogens is 218 g/mol. The van der Waals surface area contributed by atoms with Crippen LogP contribution in [0.15, 0.2) is 12.3 Å². The fourth-order valence-corrected chi connectivity index (χ4v) is 2.39. The van der Waals surface area contributed by atoms with E-state index in [0.717, 1.165) is 25.3 Å². The highest BCUT2D eigenvalue weighted by atomic mass is 32.2. The number of nitrogens with zero attached hydrogens (tertiary/aromatic N) is 2. The molecule has 4 heteroatoms. The first kappa shape index (κ1) is 13.6. The summed E-state index contributed by atoms with van der Waals surface area (Å²) in [7, 11) is 0. The number of aromatic nitrogens is 2. The van der Waals surface area contributed by atoms with Crippen LogP contribution in [0.3, 0.4) is 0 Å². The summed E-state index contributed by atoms with van der Waals surface area (Å²) in [6.07, 6.45) is 6.37. The van der Waals surface area contributed by atoms with Crippen molar-refractivity contribution in [2.45, 2.75) is 39.3 Å². The number of hydrogen-bond donors (Lipinski definition) is 1. The summed E-state index contributed by atoms with van der Waals surface area (Å²) in [5.41, 5.74) is 1.32. The highest BCUT2D eigenvalue weighted by molar-refractivity contribution is 7.98. The summed E-state index contributed by atoms with van der Waals surface area (Å²) >= 11 is 1.88. The first-order valence-corrected chi connectivity index (χ1v) is 7.46. The minimum absolute atomic E-state index is 0.434. The van der Waals surface area contributed by atoms with E-state index in [1.54, 1.807) is 0 Å². The fraction of sp³-hybridized carbons (Fsp3) is 0.750. The van der Waals surface area contributed by atoms with Crippen molar-refractivity contribution in [3.63, 3.8) is 0 Å². The number of nitrogens with one attached hydrogen (secondary N) is 1. The van der Waals surface area contributed by atoms with Gasteiger partial charge in [-0.3, -0.25) is 4.68 Å². The van der Waals surface area contributed by atoms with Crippen LogP contribution in [0.2, 0.25) is 0 Å². The molecule has 0 bridgehead atoms. The Morgan fingerprint density at radius 1 is 1.44 bits per heavy atom. The lowest BCUT2D eigenvalue weighted by Crippen LogP contribution is -2.26. The minimum atomic E-state index is 0.434. The third-order valence-corrected chi connectivity index (χ3v) is 3.18. The van der Waals surface area contributed by atoms with Crippen molar-refractivity contribution < 1.29 is 0 Å². The van der Waals surface area contributed by atoms with E-state index in [2.05, 4.69) is 41.3 Å². The Morgan fingerprint density at radius 3 is 2.88 bits per heavy atom. The molecule has 0 aliphatic rings. The van der Waals surface area contributed by atoms with Crippen LogP contribution in [-0.2, 0) is 6.54 Å².